The maximum atomic E-state index is 5.92. The van der Waals surface area contributed by atoms with Gasteiger partial charge in [-0.2, -0.15) is 0 Å². The number of benzene rings is 1. The van der Waals surface area contributed by atoms with Crippen LogP contribution in [0.25, 0.3) is 5.95 Å². The van der Waals surface area contributed by atoms with Gasteiger partial charge in [0.25, 0.3) is 5.95 Å². The fourth-order valence-corrected chi connectivity index (χ4v) is 2.78. The van der Waals surface area contributed by atoms with Crippen LogP contribution < -0.4 is 14.5 Å². The van der Waals surface area contributed by atoms with Gasteiger partial charge < -0.3 is 9.47 Å². The van der Waals surface area contributed by atoms with Crippen molar-refractivity contribution in [1.29, 1.82) is 0 Å². The number of ether oxygens (including phenoxy) is 2. The van der Waals surface area contributed by atoms with Gasteiger partial charge in [-0.1, -0.05) is 17.4 Å². The first-order chi connectivity index (χ1) is 13.6. The summed E-state index contributed by atoms with van der Waals surface area (Å²) in [5.41, 5.74) is 3.11. The Balaban J connectivity index is 1.49. The van der Waals surface area contributed by atoms with E-state index in [1.165, 1.54) is 0 Å². The lowest BCUT2D eigenvalue weighted by Crippen LogP contribution is -2.23. The third kappa shape index (κ3) is 3.56. The lowest BCUT2D eigenvalue weighted by Gasteiger charge is -2.19. The molecular weight excluding hydrogens is 360 g/mol. The summed E-state index contributed by atoms with van der Waals surface area (Å²) in [5.74, 6) is 1.51. The molecule has 0 fully saturated rings. The van der Waals surface area contributed by atoms with E-state index in [1.54, 1.807) is 41.5 Å². The number of anilines is 1. The first-order valence-corrected chi connectivity index (χ1v) is 8.67. The fraction of sp³-hybridized carbons (Fsp3) is 0.278. The minimum atomic E-state index is 0.359. The monoisotopic (exact) mass is 380 g/mol. The number of aryl methyl sites for hydroxylation is 1. The van der Waals surface area contributed by atoms with Crippen LogP contribution in [0.15, 0.2) is 53.3 Å². The second-order valence-corrected chi connectivity index (χ2v) is 6.26. The molecule has 3 heterocycles. The summed E-state index contributed by atoms with van der Waals surface area (Å²) < 4.78 is 12.5. The van der Waals surface area contributed by atoms with Crippen molar-refractivity contribution in [3.63, 3.8) is 0 Å². The van der Waals surface area contributed by atoms with Crippen LogP contribution in [0.4, 0.5) is 5.69 Å². The molecule has 0 spiro atoms. The molecule has 2 aromatic heterocycles. The van der Waals surface area contributed by atoms with Gasteiger partial charge in [-0.25, -0.2) is 19.7 Å². The first-order valence-electron chi connectivity index (χ1n) is 8.67. The number of aromatic nitrogens is 4. The highest BCUT2D eigenvalue weighted by molar-refractivity contribution is 5.56. The predicted molar refractivity (Wildman–Crippen MR) is 101 cm³/mol. The highest BCUT2D eigenvalue weighted by Gasteiger charge is 2.19. The number of hydrogen-bond donors (Lipinski definition) is 0. The average Bonchev–Trinajstić information content (AvgIpc) is 3.36. The molecule has 10 heteroatoms. The standard InChI is InChI=1S/C18H20N8O2/c1-13-5-4-6-16(26-12-24(2)22-23-26)15(13)11-28-17-7-8-25(21-17)18-19-9-14(27-3)10-20-18/h4-10H,11-12H2,1-3H3. The van der Waals surface area contributed by atoms with Crippen molar-refractivity contribution in [2.75, 3.05) is 25.8 Å². The molecule has 4 rings (SSSR count). The van der Waals surface area contributed by atoms with E-state index in [4.69, 9.17) is 9.47 Å². The predicted octanol–water partition coefficient (Wildman–Crippen LogP) is 2.55. The molecule has 1 aliphatic heterocycles. The molecule has 28 heavy (non-hydrogen) atoms. The van der Waals surface area contributed by atoms with Gasteiger partial charge in [-0.15, -0.1) is 5.10 Å². The number of rotatable bonds is 6. The second kappa shape index (κ2) is 7.51. The van der Waals surface area contributed by atoms with Crippen molar-refractivity contribution in [2.24, 2.45) is 10.4 Å². The van der Waals surface area contributed by atoms with Gasteiger partial charge >= 0.3 is 0 Å². The van der Waals surface area contributed by atoms with Crippen LogP contribution in [0.2, 0.25) is 0 Å². The van der Waals surface area contributed by atoms with Gasteiger partial charge in [0.05, 0.1) is 25.2 Å². The van der Waals surface area contributed by atoms with Crippen molar-refractivity contribution in [3.8, 4) is 17.6 Å². The lowest BCUT2D eigenvalue weighted by atomic mass is 10.1. The van der Waals surface area contributed by atoms with Gasteiger partial charge in [0.15, 0.2) is 5.75 Å². The SMILES string of the molecule is COc1cnc(-n2ccc(OCc3c(C)cccc3N3CN(C)N=N3)n2)nc1. The quantitative estimate of drug-likeness (QED) is 0.649. The van der Waals surface area contributed by atoms with Crippen molar-refractivity contribution in [1.82, 2.24) is 24.8 Å². The minimum absolute atomic E-state index is 0.359. The highest BCUT2D eigenvalue weighted by Crippen LogP contribution is 2.27. The topological polar surface area (TPSA) is 93.3 Å². The molecule has 144 valence electrons. The Morgan fingerprint density at radius 3 is 2.64 bits per heavy atom. The second-order valence-electron chi connectivity index (χ2n) is 6.26. The van der Waals surface area contributed by atoms with Crippen LogP contribution in [-0.4, -0.2) is 45.6 Å². The lowest BCUT2D eigenvalue weighted by molar-refractivity contribution is 0.291. The molecule has 0 saturated heterocycles. The van der Waals surface area contributed by atoms with Crippen molar-refractivity contribution < 1.29 is 9.47 Å². The average molecular weight is 380 g/mol. The van der Waals surface area contributed by atoms with Crippen molar-refractivity contribution in [3.05, 3.63) is 54.0 Å². The van der Waals surface area contributed by atoms with Crippen LogP contribution in [0.1, 0.15) is 11.1 Å². The van der Waals surface area contributed by atoms with E-state index in [1.807, 2.05) is 37.2 Å². The summed E-state index contributed by atoms with van der Waals surface area (Å²) in [4.78, 5) is 8.43. The molecule has 1 aliphatic rings. The maximum Gasteiger partial charge on any atom is 0.250 e. The van der Waals surface area contributed by atoms with Crippen LogP contribution in [0.3, 0.4) is 0 Å². The van der Waals surface area contributed by atoms with Gasteiger partial charge in [0, 0.05) is 24.9 Å². The first kappa shape index (κ1) is 17.7. The Kier molecular flexibility index (Phi) is 4.75. The molecular formula is C18H20N8O2. The Morgan fingerprint density at radius 2 is 1.93 bits per heavy atom. The molecule has 0 atom stereocenters. The zero-order valence-electron chi connectivity index (χ0n) is 15.8. The molecule has 3 aromatic rings. The molecule has 0 unspecified atom stereocenters. The van der Waals surface area contributed by atoms with E-state index in [9.17, 15) is 0 Å². The maximum absolute atomic E-state index is 5.92. The number of nitrogens with zero attached hydrogens (tertiary/aromatic N) is 8. The van der Waals surface area contributed by atoms with E-state index in [0.717, 1.165) is 16.8 Å². The zero-order chi connectivity index (χ0) is 19.5. The number of hydrogen-bond acceptors (Lipinski definition) is 9. The van der Waals surface area contributed by atoms with E-state index in [-0.39, 0.29) is 0 Å². The highest BCUT2D eigenvalue weighted by atomic mass is 16.5. The van der Waals surface area contributed by atoms with Gasteiger partial charge in [-0.05, 0) is 23.8 Å². The van der Waals surface area contributed by atoms with Gasteiger partial charge in [-0.3, -0.25) is 5.01 Å². The smallest absolute Gasteiger partial charge is 0.250 e. The van der Waals surface area contributed by atoms with Crippen LogP contribution in [-0.2, 0) is 6.61 Å². The Bertz CT molecular complexity index is 986. The summed E-state index contributed by atoms with van der Waals surface area (Å²) >= 11 is 0. The van der Waals surface area contributed by atoms with Crippen LogP contribution in [0, 0.1) is 6.92 Å². The third-order valence-electron chi connectivity index (χ3n) is 4.29. The molecule has 0 bridgehead atoms. The fourth-order valence-electron chi connectivity index (χ4n) is 2.78. The van der Waals surface area contributed by atoms with E-state index in [0.29, 0.717) is 30.9 Å². The normalized spacial score (nSPS) is 13.2. The molecule has 0 radical (unpaired) electrons. The summed E-state index contributed by atoms with van der Waals surface area (Å²) in [5, 5.41) is 16.2. The molecule has 0 N–H and O–H groups in total. The van der Waals surface area contributed by atoms with Crippen LogP contribution in [0.5, 0.6) is 11.6 Å². The van der Waals surface area contributed by atoms with Gasteiger partial charge in [0.2, 0.25) is 5.88 Å². The molecule has 1 aromatic carbocycles. The summed E-state index contributed by atoms with van der Waals surface area (Å²) in [6.45, 7) is 3.00. The van der Waals surface area contributed by atoms with Crippen molar-refractivity contribution in [2.45, 2.75) is 13.5 Å². The van der Waals surface area contributed by atoms with Crippen LogP contribution >= 0.6 is 0 Å². The van der Waals surface area contributed by atoms with Crippen molar-refractivity contribution >= 4 is 5.69 Å². The third-order valence-corrected chi connectivity index (χ3v) is 4.29. The van der Waals surface area contributed by atoms with E-state index >= 15 is 0 Å². The Labute approximate surface area is 162 Å². The molecule has 0 amide bonds. The van der Waals surface area contributed by atoms with E-state index < -0.39 is 0 Å². The largest absolute Gasteiger partial charge is 0.494 e. The molecule has 0 aliphatic carbocycles. The Hall–Kier alpha value is -3.69. The van der Waals surface area contributed by atoms with E-state index in [2.05, 4.69) is 25.5 Å². The van der Waals surface area contributed by atoms with Gasteiger partial charge in [0.1, 0.15) is 13.3 Å². The molecule has 10 nitrogen and oxygen atoms in total. The summed E-state index contributed by atoms with van der Waals surface area (Å²) in [7, 11) is 3.45. The molecule has 0 saturated carbocycles. The minimum Gasteiger partial charge on any atom is -0.494 e. The Morgan fingerprint density at radius 1 is 1.11 bits per heavy atom. The summed E-state index contributed by atoms with van der Waals surface area (Å²) in [6, 6.07) is 7.82. The summed E-state index contributed by atoms with van der Waals surface area (Å²) in [6.07, 6.45) is 4.93. The zero-order valence-corrected chi connectivity index (χ0v) is 15.8. The number of methoxy groups -OCH3 is 1.